The number of hydrogen-bond donors (Lipinski definition) is 0. The first-order chi connectivity index (χ1) is 16.9. The number of rotatable bonds is 7. The number of hydrogen-bond acceptors (Lipinski definition) is 10. The Morgan fingerprint density at radius 2 is 1.58 bits per heavy atom. The van der Waals surface area contributed by atoms with Crippen LogP contribution in [0.15, 0.2) is 59.5 Å². The summed E-state index contributed by atoms with van der Waals surface area (Å²) in [5, 5.41) is 0. The molecule has 2 aromatic rings. The van der Waals surface area contributed by atoms with E-state index in [0.717, 1.165) is 5.56 Å². The van der Waals surface area contributed by atoms with Crippen LogP contribution in [0.2, 0.25) is 0 Å². The maximum absolute atomic E-state index is 13.0. The topological polar surface area (TPSA) is 124 Å². The molecule has 1 saturated heterocycles. The molecule has 10 nitrogen and oxygen atoms in total. The van der Waals surface area contributed by atoms with E-state index in [1.165, 1.54) is 31.4 Å². The zero-order valence-corrected chi connectivity index (χ0v) is 21.5. The summed E-state index contributed by atoms with van der Waals surface area (Å²) in [6.07, 6.45) is -6.46. The first kappa shape index (κ1) is 27.6. The average Bonchev–Trinajstić information content (AvgIpc) is 2.80. The molecule has 196 valence electrons. The van der Waals surface area contributed by atoms with Crippen LogP contribution < -0.4 is 0 Å². The van der Waals surface area contributed by atoms with Crippen molar-refractivity contribution in [2.45, 2.75) is 62.8 Å². The van der Waals surface area contributed by atoms with Crippen LogP contribution in [0.25, 0.3) is 0 Å². The van der Waals surface area contributed by atoms with E-state index < -0.39 is 52.4 Å². The van der Waals surface area contributed by atoms with Crippen LogP contribution in [0.1, 0.15) is 36.7 Å². The zero-order chi connectivity index (χ0) is 26.5. The van der Waals surface area contributed by atoms with Gasteiger partial charge in [0.1, 0.15) is 11.7 Å². The fraction of sp³-hybridized carbons (Fsp3) is 0.440. The minimum atomic E-state index is -4.30. The highest BCUT2D eigenvalue weighted by Crippen LogP contribution is 2.29. The van der Waals surface area contributed by atoms with Crippen molar-refractivity contribution >= 4 is 22.2 Å². The highest BCUT2D eigenvalue weighted by molar-refractivity contribution is 7.86. The highest BCUT2D eigenvalue weighted by atomic mass is 32.2. The van der Waals surface area contributed by atoms with Gasteiger partial charge in [-0.3, -0.25) is 4.18 Å². The van der Waals surface area contributed by atoms with Gasteiger partial charge in [0.05, 0.1) is 17.1 Å². The zero-order valence-electron chi connectivity index (χ0n) is 20.7. The van der Waals surface area contributed by atoms with E-state index in [9.17, 15) is 18.0 Å². The number of carbonyl (C=O) groups excluding carboxylic acids is 2. The molecule has 0 aliphatic carbocycles. The summed E-state index contributed by atoms with van der Waals surface area (Å²) in [7, 11) is -2.99. The van der Waals surface area contributed by atoms with E-state index in [0.29, 0.717) is 0 Å². The molecule has 1 aliphatic rings. The third-order valence-electron chi connectivity index (χ3n) is 5.05. The molecule has 2 aromatic carbocycles. The standard InChI is InChI=1S/C25H30O10S/c1-16-11-13-18(14-12-16)36(28,29)35-19-15-31-23(30-5)21(20(19)33-24(27)34-25(2,3)4)32-22(26)17-9-7-6-8-10-17/h6-14,19-21,23H,15H2,1-5H3/t19-,20+,21-,23-/m1/s1. The smallest absolute Gasteiger partial charge is 0.449 e. The first-order valence-electron chi connectivity index (χ1n) is 11.2. The molecule has 11 heteroatoms. The number of methoxy groups -OCH3 is 1. The minimum absolute atomic E-state index is 0.101. The molecular weight excluding hydrogens is 492 g/mol. The van der Waals surface area contributed by atoms with Gasteiger partial charge in [-0.05, 0) is 52.0 Å². The molecule has 3 rings (SSSR count). The van der Waals surface area contributed by atoms with Crippen LogP contribution >= 0.6 is 0 Å². The summed E-state index contributed by atoms with van der Waals surface area (Å²) in [6.45, 7) is 6.39. The molecule has 0 unspecified atom stereocenters. The van der Waals surface area contributed by atoms with E-state index in [1.807, 2.05) is 6.92 Å². The molecule has 0 aromatic heterocycles. The molecule has 0 spiro atoms. The molecule has 0 radical (unpaired) electrons. The maximum Gasteiger partial charge on any atom is 0.509 e. The second-order valence-corrected chi connectivity index (χ2v) is 10.7. The lowest BCUT2D eigenvalue weighted by atomic mass is 10.0. The first-order valence-corrected chi connectivity index (χ1v) is 12.6. The van der Waals surface area contributed by atoms with Gasteiger partial charge < -0.3 is 23.7 Å². The van der Waals surface area contributed by atoms with Gasteiger partial charge in [0, 0.05) is 7.11 Å². The number of benzene rings is 2. The third-order valence-corrected chi connectivity index (χ3v) is 6.40. The molecule has 1 aliphatic heterocycles. The van der Waals surface area contributed by atoms with Crippen LogP contribution in [0.4, 0.5) is 4.79 Å². The summed E-state index contributed by atoms with van der Waals surface area (Å²) in [4.78, 5) is 25.3. The van der Waals surface area contributed by atoms with Crippen molar-refractivity contribution in [3.05, 3.63) is 65.7 Å². The SMILES string of the molecule is CO[C@@H]1OC[C@@H](OS(=O)(=O)c2ccc(C)cc2)[C@H](OC(=O)OC(C)(C)C)[C@H]1OC(=O)c1ccccc1. The van der Waals surface area contributed by atoms with E-state index >= 15 is 0 Å². The Morgan fingerprint density at radius 3 is 2.17 bits per heavy atom. The highest BCUT2D eigenvalue weighted by Gasteiger charge is 2.49. The van der Waals surface area contributed by atoms with Crippen molar-refractivity contribution in [3.8, 4) is 0 Å². The summed E-state index contributed by atoms with van der Waals surface area (Å²) < 4.78 is 58.6. The summed E-state index contributed by atoms with van der Waals surface area (Å²) in [6, 6.07) is 14.1. The van der Waals surface area contributed by atoms with Crippen LogP contribution in [-0.2, 0) is 38.0 Å². The van der Waals surface area contributed by atoms with Gasteiger partial charge in [0.25, 0.3) is 10.1 Å². The van der Waals surface area contributed by atoms with Gasteiger partial charge in [0.15, 0.2) is 18.5 Å². The Hall–Kier alpha value is -2.99. The molecule has 0 amide bonds. The fourth-order valence-corrected chi connectivity index (χ4v) is 4.44. The van der Waals surface area contributed by atoms with E-state index in [4.69, 9.17) is 27.9 Å². The van der Waals surface area contributed by atoms with Crippen molar-refractivity contribution in [3.63, 3.8) is 0 Å². The van der Waals surface area contributed by atoms with E-state index in [-0.39, 0.29) is 17.1 Å². The summed E-state index contributed by atoms with van der Waals surface area (Å²) >= 11 is 0. The summed E-state index contributed by atoms with van der Waals surface area (Å²) in [5.41, 5.74) is 0.180. The Labute approximate surface area is 210 Å². The van der Waals surface area contributed by atoms with Crippen LogP contribution in [0.3, 0.4) is 0 Å². The lowest BCUT2D eigenvalue weighted by molar-refractivity contribution is -0.259. The van der Waals surface area contributed by atoms with Gasteiger partial charge in [-0.15, -0.1) is 0 Å². The number of esters is 1. The fourth-order valence-electron chi connectivity index (χ4n) is 3.37. The number of carbonyl (C=O) groups is 2. The average molecular weight is 523 g/mol. The van der Waals surface area contributed by atoms with Crippen molar-refractivity contribution in [1.82, 2.24) is 0 Å². The normalized spacial score (nSPS) is 22.5. The lowest BCUT2D eigenvalue weighted by Gasteiger charge is -2.39. The second-order valence-electron chi connectivity index (χ2n) is 9.12. The summed E-state index contributed by atoms with van der Waals surface area (Å²) in [5.74, 6) is -0.758. The van der Waals surface area contributed by atoms with Crippen LogP contribution in [0.5, 0.6) is 0 Å². The van der Waals surface area contributed by atoms with E-state index in [1.54, 1.807) is 51.1 Å². The predicted octanol–water partition coefficient (Wildman–Crippen LogP) is 3.62. The molecule has 0 saturated carbocycles. The number of ether oxygens (including phenoxy) is 5. The van der Waals surface area contributed by atoms with Crippen molar-refractivity contribution in [2.75, 3.05) is 13.7 Å². The lowest BCUT2D eigenvalue weighted by Crippen LogP contribution is -2.58. The quantitative estimate of drug-likeness (QED) is 0.393. The van der Waals surface area contributed by atoms with Gasteiger partial charge in [-0.25, -0.2) is 9.59 Å². The van der Waals surface area contributed by atoms with Gasteiger partial charge in [0.2, 0.25) is 0 Å². The van der Waals surface area contributed by atoms with Gasteiger partial charge in [-0.2, -0.15) is 8.42 Å². The Bertz CT molecular complexity index is 1140. The Morgan fingerprint density at radius 1 is 0.944 bits per heavy atom. The second kappa shape index (κ2) is 11.4. The van der Waals surface area contributed by atoms with E-state index in [2.05, 4.69) is 0 Å². The van der Waals surface area contributed by atoms with Crippen molar-refractivity contribution in [1.29, 1.82) is 0 Å². The largest absolute Gasteiger partial charge is 0.509 e. The molecule has 0 bridgehead atoms. The number of aryl methyl sites for hydroxylation is 1. The minimum Gasteiger partial charge on any atom is -0.449 e. The monoisotopic (exact) mass is 522 g/mol. The van der Waals surface area contributed by atoms with Crippen LogP contribution in [-0.4, -0.2) is 64.5 Å². The molecule has 1 fully saturated rings. The van der Waals surface area contributed by atoms with Gasteiger partial charge >= 0.3 is 12.1 Å². The molecular formula is C25H30O10S. The van der Waals surface area contributed by atoms with Crippen molar-refractivity contribution in [2.24, 2.45) is 0 Å². The Balaban J connectivity index is 1.92. The van der Waals surface area contributed by atoms with Crippen molar-refractivity contribution < 1.29 is 45.9 Å². The van der Waals surface area contributed by atoms with Crippen LogP contribution in [0, 0.1) is 6.92 Å². The maximum atomic E-state index is 13.0. The van der Waals surface area contributed by atoms with Gasteiger partial charge in [-0.1, -0.05) is 35.9 Å². The Kier molecular flexibility index (Phi) is 8.72. The molecule has 4 atom stereocenters. The molecule has 1 heterocycles. The molecule has 0 N–H and O–H groups in total. The predicted molar refractivity (Wildman–Crippen MR) is 127 cm³/mol. The molecule has 36 heavy (non-hydrogen) atoms. The third kappa shape index (κ3) is 7.26.